The van der Waals surface area contributed by atoms with Gasteiger partial charge in [-0.3, -0.25) is 9.59 Å². The van der Waals surface area contributed by atoms with Crippen molar-refractivity contribution in [2.24, 2.45) is 0 Å². The number of nitrogens with one attached hydrogen (secondary N) is 1. The highest BCUT2D eigenvalue weighted by Crippen LogP contribution is 2.24. The molecule has 1 heterocycles. The van der Waals surface area contributed by atoms with Gasteiger partial charge in [0.2, 0.25) is 5.91 Å². The van der Waals surface area contributed by atoms with Gasteiger partial charge in [-0.1, -0.05) is 12.1 Å². The molecule has 2 rings (SSSR count). The van der Waals surface area contributed by atoms with Gasteiger partial charge in [0, 0.05) is 11.1 Å². The largest absolute Gasteiger partial charge is 0.515 e. The van der Waals surface area contributed by atoms with Crippen molar-refractivity contribution < 1.29 is 14.7 Å². The normalized spacial score (nSPS) is 18.3. The van der Waals surface area contributed by atoms with Crippen molar-refractivity contribution in [1.29, 1.82) is 0 Å². The molecule has 0 unspecified atom stereocenters. The van der Waals surface area contributed by atoms with E-state index < -0.39 is 0 Å². The minimum Gasteiger partial charge on any atom is -0.515 e. The molecule has 15 heavy (non-hydrogen) atoms. The smallest absolute Gasteiger partial charge is 0.229 e. The Morgan fingerprint density at radius 2 is 2.00 bits per heavy atom. The number of rotatable bonds is 0. The van der Waals surface area contributed by atoms with Crippen LogP contribution in [0.1, 0.15) is 16.8 Å². The molecule has 76 valence electrons. The van der Waals surface area contributed by atoms with Crippen LogP contribution in [0.25, 0.3) is 0 Å². The van der Waals surface area contributed by atoms with Crippen molar-refractivity contribution in [3.8, 4) is 0 Å². The SMILES string of the molecule is O=C1C/C(=C/O)C(=O)c2ccccc2N1. The lowest BCUT2D eigenvalue weighted by Gasteiger charge is -2.03. The topological polar surface area (TPSA) is 66.4 Å². The number of ketones is 1. The van der Waals surface area contributed by atoms with Gasteiger partial charge >= 0.3 is 0 Å². The maximum atomic E-state index is 11.8. The van der Waals surface area contributed by atoms with Gasteiger partial charge in [0.25, 0.3) is 0 Å². The van der Waals surface area contributed by atoms with E-state index >= 15 is 0 Å². The lowest BCUT2D eigenvalue weighted by molar-refractivity contribution is -0.115. The van der Waals surface area contributed by atoms with Crippen LogP contribution in [0.3, 0.4) is 0 Å². The standard InChI is InChI=1S/C11H9NO3/c13-6-7-5-10(14)12-9-4-2-1-3-8(9)11(7)15/h1-4,6,13H,5H2,(H,12,14)/b7-6-. The zero-order valence-electron chi connectivity index (χ0n) is 7.86. The zero-order valence-corrected chi connectivity index (χ0v) is 7.86. The van der Waals surface area contributed by atoms with E-state index in [0.717, 1.165) is 0 Å². The summed E-state index contributed by atoms with van der Waals surface area (Å²) < 4.78 is 0. The summed E-state index contributed by atoms with van der Waals surface area (Å²) in [5.41, 5.74) is 1.01. The molecule has 0 spiro atoms. The van der Waals surface area contributed by atoms with E-state index in [1.54, 1.807) is 24.3 Å². The van der Waals surface area contributed by atoms with E-state index in [2.05, 4.69) is 5.32 Å². The van der Waals surface area contributed by atoms with E-state index in [1.807, 2.05) is 0 Å². The van der Waals surface area contributed by atoms with Crippen LogP contribution in [0.4, 0.5) is 5.69 Å². The summed E-state index contributed by atoms with van der Waals surface area (Å²) in [5.74, 6) is -0.611. The molecule has 0 fully saturated rings. The quantitative estimate of drug-likeness (QED) is 0.497. The third kappa shape index (κ3) is 1.61. The molecule has 0 aromatic heterocycles. The van der Waals surface area contributed by atoms with Crippen LogP contribution >= 0.6 is 0 Å². The third-order valence-corrected chi connectivity index (χ3v) is 2.24. The number of benzene rings is 1. The van der Waals surface area contributed by atoms with Crippen LogP contribution in [0.15, 0.2) is 36.1 Å². The number of hydrogen-bond acceptors (Lipinski definition) is 3. The van der Waals surface area contributed by atoms with Crippen LogP contribution in [0, 0.1) is 0 Å². The van der Waals surface area contributed by atoms with Gasteiger partial charge in [-0.2, -0.15) is 0 Å². The molecule has 0 radical (unpaired) electrons. The summed E-state index contributed by atoms with van der Waals surface area (Å²) >= 11 is 0. The first kappa shape index (κ1) is 9.45. The number of aliphatic hydroxyl groups is 1. The summed E-state index contributed by atoms with van der Waals surface area (Å²) in [5, 5.41) is 11.5. The molecule has 1 aromatic carbocycles. The van der Waals surface area contributed by atoms with Crippen molar-refractivity contribution in [3.05, 3.63) is 41.7 Å². The van der Waals surface area contributed by atoms with E-state index in [1.165, 1.54) is 0 Å². The Morgan fingerprint density at radius 3 is 2.73 bits per heavy atom. The lowest BCUT2D eigenvalue weighted by atomic mass is 10.0. The number of para-hydroxylation sites is 1. The van der Waals surface area contributed by atoms with Gasteiger partial charge in [-0.05, 0) is 12.1 Å². The van der Waals surface area contributed by atoms with E-state index in [9.17, 15) is 9.59 Å². The van der Waals surface area contributed by atoms with Crippen molar-refractivity contribution >= 4 is 17.4 Å². The Labute approximate surface area is 86.2 Å². The predicted molar refractivity (Wildman–Crippen MR) is 54.7 cm³/mol. The fourth-order valence-electron chi connectivity index (χ4n) is 1.52. The van der Waals surface area contributed by atoms with Gasteiger partial charge in [0.15, 0.2) is 5.78 Å². The molecular weight excluding hydrogens is 194 g/mol. The van der Waals surface area contributed by atoms with E-state index in [-0.39, 0.29) is 23.7 Å². The van der Waals surface area contributed by atoms with Gasteiger partial charge in [0.1, 0.15) is 0 Å². The summed E-state index contributed by atoms with van der Waals surface area (Å²) in [6.45, 7) is 0. The molecule has 0 atom stereocenters. The molecule has 1 aromatic rings. The molecule has 0 aliphatic carbocycles. The fraction of sp³-hybridized carbons (Fsp3) is 0.0909. The summed E-state index contributed by atoms with van der Waals surface area (Å²) in [6.07, 6.45) is 0.605. The van der Waals surface area contributed by atoms with Crippen molar-refractivity contribution in [2.75, 3.05) is 5.32 Å². The molecule has 4 nitrogen and oxygen atoms in total. The molecular formula is C11H9NO3. The molecule has 2 N–H and O–H groups in total. The number of carbonyl (C=O) groups is 2. The summed E-state index contributed by atoms with van der Waals surface area (Å²) in [7, 11) is 0. The summed E-state index contributed by atoms with van der Waals surface area (Å²) in [4.78, 5) is 23.1. The lowest BCUT2D eigenvalue weighted by Crippen LogP contribution is -2.10. The van der Waals surface area contributed by atoms with Gasteiger partial charge < -0.3 is 10.4 Å². The monoisotopic (exact) mass is 203 g/mol. The molecule has 0 saturated heterocycles. The number of carbonyl (C=O) groups excluding carboxylic acids is 2. The second-order valence-electron chi connectivity index (χ2n) is 3.25. The molecule has 1 amide bonds. The second kappa shape index (κ2) is 3.57. The Kier molecular flexibility index (Phi) is 2.25. The van der Waals surface area contributed by atoms with Crippen molar-refractivity contribution in [2.45, 2.75) is 6.42 Å². The molecule has 0 bridgehead atoms. The minimum absolute atomic E-state index is 0.0932. The molecule has 1 aliphatic rings. The Balaban J connectivity index is 2.57. The van der Waals surface area contributed by atoms with Gasteiger partial charge in [-0.15, -0.1) is 0 Å². The highest BCUT2D eigenvalue weighted by Gasteiger charge is 2.23. The average molecular weight is 203 g/mol. The van der Waals surface area contributed by atoms with Crippen LogP contribution in [-0.2, 0) is 4.79 Å². The first-order chi connectivity index (χ1) is 7.22. The number of anilines is 1. The van der Waals surface area contributed by atoms with Crippen molar-refractivity contribution in [3.63, 3.8) is 0 Å². The predicted octanol–water partition coefficient (Wildman–Crippen LogP) is 1.65. The number of amides is 1. The second-order valence-corrected chi connectivity index (χ2v) is 3.25. The van der Waals surface area contributed by atoms with Crippen LogP contribution in [0.2, 0.25) is 0 Å². The molecule has 1 aliphatic heterocycles. The molecule has 4 heteroatoms. The number of fused-ring (bicyclic) bond motifs is 1. The third-order valence-electron chi connectivity index (χ3n) is 2.24. The Morgan fingerprint density at radius 1 is 1.27 bits per heavy atom. The minimum atomic E-state index is -0.313. The Bertz CT molecular complexity index is 463. The maximum Gasteiger partial charge on any atom is 0.229 e. The zero-order chi connectivity index (χ0) is 10.8. The maximum absolute atomic E-state index is 11.8. The van der Waals surface area contributed by atoms with E-state index in [0.29, 0.717) is 17.5 Å². The van der Waals surface area contributed by atoms with Crippen LogP contribution in [-0.4, -0.2) is 16.8 Å². The fourth-order valence-corrected chi connectivity index (χ4v) is 1.52. The Hall–Kier alpha value is -2.10. The number of Topliss-reactive ketones (excluding diaryl/α,β-unsaturated/α-hetero) is 1. The first-order valence-electron chi connectivity index (χ1n) is 4.49. The van der Waals surface area contributed by atoms with Crippen LogP contribution in [0.5, 0.6) is 0 Å². The van der Waals surface area contributed by atoms with E-state index in [4.69, 9.17) is 5.11 Å². The van der Waals surface area contributed by atoms with Crippen LogP contribution < -0.4 is 5.32 Å². The first-order valence-corrected chi connectivity index (χ1v) is 4.49. The highest BCUT2D eigenvalue weighted by atomic mass is 16.2. The summed E-state index contributed by atoms with van der Waals surface area (Å²) in [6, 6.07) is 6.72. The van der Waals surface area contributed by atoms with Crippen molar-refractivity contribution in [1.82, 2.24) is 0 Å². The highest BCUT2D eigenvalue weighted by molar-refractivity contribution is 6.18. The number of aliphatic hydroxyl groups excluding tert-OH is 1. The van der Waals surface area contributed by atoms with Gasteiger partial charge in [-0.25, -0.2) is 0 Å². The van der Waals surface area contributed by atoms with Gasteiger partial charge in [0.05, 0.1) is 18.4 Å². The average Bonchev–Trinajstić information content (AvgIpc) is 2.36. The number of hydrogen-bond donors (Lipinski definition) is 2. The molecule has 0 saturated carbocycles.